The van der Waals surface area contributed by atoms with Crippen LogP contribution in [0.1, 0.15) is 15.9 Å². The minimum atomic E-state index is -4.52. The second-order valence-corrected chi connectivity index (χ2v) is 6.01. The number of amides is 1. The number of benzene rings is 2. The van der Waals surface area contributed by atoms with Crippen LogP contribution >= 0.6 is 15.9 Å². The van der Waals surface area contributed by atoms with Gasteiger partial charge in [0.2, 0.25) is 0 Å². The second kappa shape index (κ2) is 8.35. The van der Waals surface area contributed by atoms with Crippen molar-refractivity contribution in [3.8, 4) is 11.5 Å². The molecule has 2 aromatic rings. The molecule has 2 N–H and O–H groups in total. The molecule has 0 aliphatic rings. The number of aliphatic hydroxyl groups excluding tert-OH is 1. The number of hydrogen-bond donors (Lipinski definition) is 2. The van der Waals surface area contributed by atoms with Crippen LogP contribution < -0.4 is 10.1 Å². The standard InChI is InChI=1S/C16H12BrF3N2O5/c17-12-7-9(16(18,19)20)1-4-14(12)27-10-2-3-13(22(25)26)11(8-10)15(24)21-5-6-23/h1-4,7-8,23H,5-6H2,(H,21,24). The topological polar surface area (TPSA) is 102 Å². The van der Waals surface area contributed by atoms with E-state index in [2.05, 4.69) is 21.2 Å². The summed E-state index contributed by atoms with van der Waals surface area (Å²) >= 11 is 2.98. The van der Waals surface area contributed by atoms with Gasteiger partial charge in [-0.15, -0.1) is 0 Å². The van der Waals surface area contributed by atoms with Gasteiger partial charge >= 0.3 is 6.18 Å². The molecule has 11 heteroatoms. The lowest BCUT2D eigenvalue weighted by molar-refractivity contribution is -0.385. The quantitative estimate of drug-likeness (QED) is 0.515. The molecule has 2 aromatic carbocycles. The molecule has 0 atom stereocenters. The van der Waals surface area contributed by atoms with E-state index < -0.39 is 28.3 Å². The van der Waals surface area contributed by atoms with E-state index in [-0.39, 0.29) is 34.7 Å². The van der Waals surface area contributed by atoms with Gasteiger partial charge in [0.15, 0.2) is 0 Å². The molecule has 0 bridgehead atoms. The summed E-state index contributed by atoms with van der Waals surface area (Å²) < 4.78 is 43.6. The van der Waals surface area contributed by atoms with Crippen molar-refractivity contribution >= 4 is 27.5 Å². The number of carbonyl (C=O) groups excluding carboxylic acids is 1. The largest absolute Gasteiger partial charge is 0.456 e. The third-order valence-electron chi connectivity index (χ3n) is 3.29. The van der Waals surface area contributed by atoms with Crippen molar-refractivity contribution in [2.24, 2.45) is 0 Å². The van der Waals surface area contributed by atoms with Crippen molar-refractivity contribution in [1.82, 2.24) is 5.32 Å². The first kappa shape index (κ1) is 20.6. The first-order valence-electron chi connectivity index (χ1n) is 7.35. The van der Waals surface area contributed by atoms with E-state index in [0.717, 1.165) is 30.3 Å². The van der Waals surface area contributed by atoms with Crippen molar-refractivity contribution in [2.75, 3.05) is 13.2 Å². The highest BCUT2D eigenvalue weighted by molar-refractivity contribution is 9.10. The molecule has 7 nitrogen and oxygen atoms in total. The Morgan fingerprint density at radius 2 is 1.96 bits per heavy atom. The van der Waals surface area contributed by atoms with Crippen LogP contribution in [0.3, 0.4) is 0 Å². The zero-order valence-corrected chi connectivity index (χ0v) is 15.0. The van der Waals surface area contributed by atoms with Gasteiger partial charge in [0.1, 0.15) is 17.1 Å². The average Bonchev–Trinajstić information content (AvgIpc) is 2.60. The highest BCUT2D eigenvalue weighted by atomic mass is 79.9. The van der Waals surface area contributed by atoms with Crippen LogP contribution in [0.25, 0.3) is 0 Å². The third kappa shape index (κ3) is 5.17. The summed E-state index contributed by atoms with van der Waals surface area (Å²) in [7, 11) is 0. The van der Waals surface area contributed by atoms with Crippen molar-refractivity contribution in [2.45, 2.75) is 6.18 Å². The minimum absolute atomic E-state index is 0.00945. The third-order valence-corrected chi connectivity index (χ3v) is 3.91. The SMILES string of the molecule is O=C(NCCO)c1cc(Oc2ccc(C(F)(F)F)cc2Br)ccc1[N+](=O)[O-]. The van der Waals surface area contributed by atoms with Crippen molar-refractivity contribution < 1.29 is 32.7 Å². The summed E-state index contributed by atoms with van der Waals surface area (Å²) in [6, 6.07) is 6.08. The molecule has 0 aliphatic carbocycles. The number of nitro benzene ring substituents is 1. The van der Waals surface area contributed by atoms with Gasteiger partial charge in [0.25, 0.3) is 11.6 Å². The van der Waals surface area contributed by atoms with E-state index in [1.165, 1.54) is 6.07 Å². The molecule has 0 aromatic heterocycles. The number of nitro groups is 1. The summed E-state index contributed by atoms with van der Waals surface area (Å²) in [5.41, 5.74) is -1.67. The molecule has 1 amide bonds. The lowest BCUT2D eigenvalue weighted by Gasteiger charge is -2.12. The molecule has 27 heavy (non-hydrogen) atoms. The maximum Gasteiger partial charge on any atom is 0.416 e. The van der Waals surface area contributed by atoms with Crippen LogP contribution in [-0.2, 0) is 6.18 Å². The Labute approximate surface area is 159 Å². The van der Waals surface area contributed by atoms with Gasteiger partial charge in [-0.3, -0.25) is 14.9 Å². The van der Waals surface area contributed by atoms with Crippen LogP contribution in [0, 0.1) is 10.1 Å². The van der Waals surface area contributed by atoms with Crippen LogP contribution in [0.2, 0.25) is 0 Å². The first-order valence-corrected chi connectivity index (χ1v) is 8.15. The number of rotatable bonds is 6. The van der Waals surface area contributed by atoms with Gasteiger partial charge < -0.3 is 15.2 Å². The molecular weight excluding hydrogens is 437 g/mol. The molecule has 0 fully saturated rings. The Bertz CT molecular complexity index is 874. The lowest BCUT2D eigenvalue weighted by atomic mass is 10.1. The maximum absolute atomic E-state index is 12.7. The second-order valence-electron chi connectivity index (χ2n) is 5.16. The molecule has 0 saturated heterocycles. The van der Waals surface area contributed by atoms with Gasteiger partial charge in [-0.1, -0.05) is 0 Å². The highest BCUT2D eigenvalue weighted by Gasteiger charge is 2.31. The Balaban J connectivity index is 2.34. The van der Waals surface area contributed by atoms with Crippen LogP contribution in [0.15, 0.2) is 40.9 Å². The number of carbonyl (C=O) groups is 1. The summed E-state index contributed by atoms with van der Waals surface area (Å²) in [6.07, 6.45) is -4.52. The number of aliphatic hydroxyl groups is 1. The molecule has 144 valence electrons. The molecule has 0 saturated carbocycles. The van der Waals surface area contributed by atoms with E-state index in [9.17, 15) is 28.1 Å². The molecule has 0 heterocycles. The number of alkyl halides is 3. The fraction of sp³-hybridized carbons (Fsp3) is 0.188. The van der Waals surface area contributed by atoms with Gasteiger partial charge in [-0.2, -0.15) is 13.2 Å². The zero-order valence-electron chi connectivity index (χ0n) is 13.4. The van der Waals surface area contributed by atoms with E-state index in [1.807, 2.05) is 0 Å². The number of ether oxygens (including phenoxy) is 1. The fourth-order valence-corrected chi connectivity index (χ4v) is 2.53. The monoisotopic (exact) mass is 448 g/mol. The van der Waals surface area contributed by atoms with Gasteiger partial charge in [-0.05, 0) is 40.2 Å². The fourth-order valence-electron chi connectivity index (χ4n) is 2.07. The Morgan fingerprint density at radius 3 is 2.52 bits per heavy atom. The number of nitrogens with one attached hydrogen (secondary N) is 1. The Morgan fingerprint density at radius 1 is 1.26 bits per heavy atom. The predicted molar refractivity (Wildman–Crippen MR) is 91.7 cm³/mol. The van der Waals surface area contributed by atoms with Gasteiger partial charge in [0.05, 0.1) is 21.6 Å². The maximum atomic E-state index is 12.7. The summed E-state index contributed by atoms with van der Waals surface area (Å²) in [4.78, 5) is 22.4. The van der Waals surface area contributed by atoms with E-state index >= 15 is 0 Å². The zero-order chi connectivity index (χ0) is 20.2. The normalized spacial score (nSPS) is 11.1. The summed E-state index contributed by atoms with van der Waals surface area (Å²) in [6.45, 7) is -0.459. The van der Waals surface area contributed by atoms with Gasteiger partial charge in [-0.25, -0.2) is 0 Å². The summed E-state index contributed by atoms with van der Waals surface area (Å²) in [5, 5.41) is 22.1. The van der Waals surface area contributed by atoms with E-state index in [1.54, 1.807) is 0 Å². The molecule has 0 unspecified atom stereocenters. The highest BCUT2D eigenvalue weighted by Crippen LogP contribution is 2.37. The Hall–Kier alpha value is -2.66. The smallest absolute Gasteiger partial charge is 0.416 e. The minimum Gasteiger partial charge on any atom is -0.456 e. The average molecular weight is 449 g/mol. The molecule has 2 rings (SSSR count). The van der Waals surface area contributed by atoms with E-state index in [4.69, 9.17) is 9.84 Å². The number of nitrogens with zero attached hydrogens (tertiary/aromatic N) is 1. The molecule has 0 radical (unpaired) electrons. The predicted octanol–water partition coefficient (Wildman–Crippen LogP) is 3.89. The van der Waals surface area contributed by atoms with E-state index in [0.29, 0.717) is 0 Å². The van der Waals surface area contributed by atoms with Crippen LogP contribution in [-0.4, -0.2) is 29.1 Å². The molecule has 0 aliphatic heterocycles. The Kier molecular flexibility index (Phi) is 6.39. The van der Waals surface area contributed by atoms with Crippen LogP contribution in [0.5, 0.6) is 11.5 Å². The number of halogens is 4. The lowest BCUT2D eigenvalue weighted by Crippen LogP contribution is -2.27. The summed E-state index contributed by atoms with van der Waals surface area (Å²) in [5.74, 6) is -0.763. The molecule has 0 spiro atoms. The number of hydrogen-bond acceptors (Lipinski definition) is 5. The van der Waals surface area contributed by atoms with Crippen molar-refractivity contribution in [3.63, 3.8) is 0 Å². The molecular formula is C16H12BrF3N2O5. The van der Waals surface area contributed by atoms with Crippen molar-refractivity contribution in [1.29, 1.82) is 0 Å². The van der Waals surface area contributed by atoms with Gasteiger partial charge in [0, 0.05) is 18.7 Å². The van der Waals surface area contributed by atoms with Crippen molar-refractivity contribution in [3.05, 3.63) is 62.1 Å². The first-order chi connectivity index (χ1) is 12.6. The van der Waals surface area contributed by atoms with Crippen LogP contribution in [0.4, 0.5) is 18.9 Å².